The summed E-state index contributed by atoms with van der Waals surface area (Å²) in [7, 11) is 1.56. The Balaban J connectivity index is 1.99. The summed E-state index contributed by atoms with van der Waals surface area (Å²) in [5, 5.41) is 13.7. The van der Waals surface area contributed by atoms with E-state index in [0.717, 1.165) is 10.1 Å². The third-order valence-corrected chi connectivity index (χ3v) is 4.56. The third kappa shape index (κ3) is 5.14. The Labute approximate surface area is 176 Å². The van der Waals surface area contributed by atoms with Crippen molar-refractivity contribution in [2.24, 2.45) is 5.73 Å². The van der Waals surface area contributed by atoms with E-state index in [9.17, 15) is 19.7 Å². The molecule has 0 bridgehead atoms. The number of nitrogens with zero attached hydrogens (tertiary/aromatic N) is 4. The van der Waals surface area contributed by atoms with E-state index in [2.05, 4.69) is 10.3 Å². The number of methoxy groups -OCH3 is 1. The average molecular weight is 426 g/mol. The summed E-state index contributed by atoms with van der Waals surface area (Å²) >= 11 is 0. The molecule has 0 saturated heterocycles. The number of anilines is 1. The van der Waals surface area contributed by atoms with Gasteiger partial charge in [0, 0.05) is 25.2 Å². The molecule has 0 unspecified atom stereocenters. The molecule has 11 heteroatoms. The van der Waals surface area contributed by atoms with Crippen molar-refractivity contribution >= 4 is 11.6 Å². The number of nitrogens with one attached hydrogen (secondary N) is 1. The van der Waals surface area contributed by atoms with E-state index in [1.54, 1.807) is 19.2 Å². The van der Waals surface area contributed by atoms with Crippen molar-refractivity contribution in [1.29, 1.82) is 0 Å². The molecule has 11 nitrogen and oxygen atoms in total. The summed E-state index contributed by atoms with van der Waals surface area (Å²) in [6, 6.07) is 12.8. The maximum atomic E-state index is 13.2. The highest BCUT2D eigenvalue weighted by Crippen LogP contribution is 2.14. The number of non-ortho nitro benzene ring substituents is 1. The van der Waals surface area contributed by atoms with Gasteiger partial charge in [-0.3, -0.25) is 14.7 Å². The zero-order valence-corrected chi connectivity index (χ0v) is 16.9. The van der Waals surface area contributed by atoms with Gasteiger partial charge in [0.25, 0.3) is 5.69 Å². The van der Waals surface area contributed by atoms with Gasteiger partial charge in [0.1, 0.15) is 5.75 Å². The molecule has 0 aliphatic heterocycles. The minimum Gasteiger partial charge on any atom is -0.497 e. The predicted octanol–water partition coefficient (Wildman–Crippen LogP) is 0.789. The molecule has 0 radical (unpaired) electrons. The number of ether oxygens (including phenoxy) is 1. The zero-order chi connectivity index (χ0) is 22.4. The Morgan fingerprint density at radius 3 is 2.16 bits per heavy atom. The third-order valence-electron chi connectivity index (χ3n) is 4.56. The fourth-order valence-corrected chi connectivity index (χ4v) is 2.95. The van der Waals surface area contributed by atoms with Crippen molar-refractivity contribution in [1.82, 2.24) is 14.1 Å². The van der Waals surface area contributed by atoms with Gasteiger partial charge in [-0.15, -0.1) is 0 Å². The SMILES string of the molecule is COc1ccc(Cn2c(NCCN)nc(=O)n(Cc3ccc([N+](=O)[O-])cc3)c2=O)cc1. The van der Waals surface area contributed by atoms with Gasteiger partial charge in [-0.05, 0) is 23.3 Å². The molecule has 3 aromatic rings. The molecule has 1 heterocycles. The summed E-state index contributed by atoms with van der Waals surface area (Å²) in [5.41, 5.74) is 5.53. The van der Waals surface area contributed by atoms with E-state index in [1.807, 2.05) is 12.1 Å². The van der Waals surface area contributed by atoms with Gasteiger partial charge in [-0.25, -0.2) is 14.2 Å². The molecule has 162 valence electrons. The van der Waals surface area contributed by atoms with E-state index in [1.165, 1.54) is 28.8 Å². The van der Waals surface area contributed by atoms with Crippen molar-refractivity contribution < 1.29 is 9.66 Å². The van der Waals surface area contributed by atoms with E-state index in [4.69, 9.17) is 10.5 Å². The topological polar surface area (TPSA) is 147 Å². The van der Waals surface area contributed by atoms with Crippen LogP contribution < -0.4 is 27.2 Å². The second-order valence-corrected chi connectivity index (χ2v) is 6.66. The van der Waals surface area contributed by atoms with Gasteiger partial charge in [-0.2, -0.15) is 4.98 Å². The Morgan fingerprint density at radius 2 is 1.61 bits per heavy atom. The van der Waals surface area contributed by atoms with Gasteiger partial charge in [0.05, 0.1) is 25.1 Å². The number of nitrogens with two attached hydrogens (primary N) is 1. The molecular weight excluding hydrogens is 404 g/mol. The standard InChI is InChI=1S/C20H22N6O5/c1-31-17-8-4-15(5-9-17)12-24-18(22-11-10-21)23-19(27)25(20(24)28)13-14-2-6-16(7-3-14)26(29)30/h2-9H,10-13,21H2,1H3,(H,22,23,27). The van der Waals surface area contributed by atoms with Crippen molar-refractivity contribution in [3.8, 4) is 5.75 Å². The fourth-order valence-electron chi connectivity index (χ4n) is 2.95. The molecule has 0 saturated carbocycles. The first kappa shape index (κ1) is 21.7. The van der Waals surface area contributed by atoms with Gasteiger partial charge >= 0.3 is 11.4 Å². The fraction of sp³-hybridized carbons (Fsp3) is 0.250. The van der Waals surface area contributed by atoms with Crippen LogP contribution in [0.3, 0.4) is 0 Å². The normalized spacial score (nSPS) is 10.6. The average Bonchev–Trinajstić information content (AvgIpc) is 2.78. The summed E-state index contributed by atoms with van der Waals surface area (Å²) in [5.74, 6) is 0.801. The van der Waals surface area contributed by atoms with Crippen LogP contribution in [0.4, 0.5) is 11.6 Å². The lowest BCUT2D eigenvalue weighted by Crippen LogP contribution is -2.43. The molecule has 0 spiro atoms. The van der Waals surface area contributed by atoms with Crippen molar-refractivity contribution in [2.75, 3.05) is 25.5 Å². The van der Waals surface area contributed by atoms with Crippen LogP contribution in [0.5, 0.6) is 5.75 Å². The van der Waals surface area contributed by atoms with Crippen LogP contribution in [-0.4, -0.2) is 39.2 Å². The van der Waals surface area contributed by atoms with E-state index >= 15 is 0 Å². The molecular formula is C20H22N6O5. The summed E-state index contributed by atoms with van der Waals surface area (Å²) in [6.07, 6.45) is 0. The number of nitro benzene ring substituents is 1. The maximum Gasteiger partial charge on any atom is 0.355 e. The predicted molar refractivity (Wildman–Crippen MR) is 115 cm³/mol. The molecule has 31 heavy (non-hydrogen) atoms. The van der Waals surface area contributed by atoms with E-state index in [-0.39, 0.29) is 24.7 Å². The van der Waals surface area contributed by atoms with Gasteiger partial charge < -0.3 is 15.8 Å². The number of nitro groups is 1. The molecule has 0 atom stereocenters. The first-order valence-electron chi connectivity index (χ1n) is 9.45. The van der Waals surface area contributed by atoms with Gasteiger partial charge in [-0.1, -0.05) is 24.3 Å². The van der Waals surface area contributed by atoms with Crippen LogP contribution in [0.1, 0.15) is 11.1 Å². The van der Waals surface area contributed by atoms with Crippen LogP contribution in [0.15, 0.2) is 58.1 Å². The van der Waals surface area contributed by atoms with Crippen LogP contribution in [0, 0.1) is 10.1 Å². The van der Waals surface area contributed by atoms with Crippen LogP contribution in [0.2, 0.25) is 0 Å². The molecule has 3 rings (SSSR count). The lowest BCUT2D eigenvalue weighted by Gasteiger charge is -2.15. The van der Waals surface area contributed by atoms with Crippen molar-refractivity contribution in [3.05, 3.63) is 90.7 Å². The maximum absolute atomic E-state index is 13.2. The smallest absolute Gasteiger partial charge is 0.355 e. The van der Waals surface area contributed by atoms with Gasteiger partial charge in [0.2, 0.25) is 5.95 Å². The molecule has 0 aliphatic rings. The number of rotatable bonds is 9. The first-order chi connectivity index (χ1) is 14.9. The molecule has 1 aromatic heterocycles. The Hall–Kier alpha value is -3.99. The number of aromatic nitrogens is 3. The molecule has 0 aliphatic carbocycles. The molecule has 0 fully saturated rings. The zero-order valence-electron chi connectivity index (χ0n) is 16.9. The Morgan fingerprint density at radius 1 is 1.03 bits per heavy atom. The number of hydrogen-bond donors (Lipinski definition) is 2. The van der Waals surface area contributed by atoms with Crippen LogP contribution in [-0.2, 0) is 13.1 Å². The highest BCUT2D eigenvalue weighted by Gasteiger charge is 2.14. The van der Waals surface area contributed by atoms with E-state index < -0.39 is 16.3 Å². The first-order valence-corrected chi connectivity index (χ1v) is 9.45. The quantitative estimate of drug-likeness (QED) is 0.377. The number of hydrogen-bond acceptors (Lipinski definition) is 8. The van der Waals surface area contributed by atoms with Gasteiger partial charge in [0.15, 0.2) is 0 Å². The van der Waals surface area contributed by atoms with Crippen molar-refractivity contribution in [3.63, 3.8) is 0 Å². The summed E-state index contributed by atoms with van der Waals surface area (Å²) < 4.78 is 7.49. The van der Waals surface area contributed by atoms with Crippen LogP contribution >= 0.6 is 0 Å². The lowest BCUT2D eigenvalue weighted by atomic mass is 10.2. The molecule has 2 aromatic carbocycles. The number of benzene rings is 2. The second-order valence-electron chi connectivity index (χ2n) is 6.66. The lowest BCUT2D eigenvalue weighted by molar-refractivity contribution is -0.384. The van der Waals surface area contributed by atoms with E-state index in [0.29, 0.717) is 24.4 Å². The monoisotopic (exact) mass is 426 g/mol. The largest absolute Gasteiger partial charge is 0.497 e. The minimum atomic E-state index is -0.728. The minimum absolute atomic E-state index is 0.0670. The second kappa shape index (κ2) is 9.67. The molecule has 3 N–H and O–H groups in total. The highest BCUT2D eigenvalue weighted by molar-refractivity contribution is 5.33. The van der Waals surface area contributed by atoms with Crippen molar-refractivity contribution in [2.45, 2.75) is 13.1 Å². The molecule has 0 amide bonds. The highest BCUT2D eigenvalue weighted by atomic mass is 16.6. The summed E-state index contributed by atoms with van der Waals surface area (Å²) in [4.78, 5) is 40.0. The Bertz CT molecular complexity index is 1170. The Kier molecular flexibility index (Phi) is 6.78. The van der Waals surface area contributed by atoms with Crippen LogP contribution in [0.25, 0.3) is 0 Å². The summed E-state index contributed by atoms with van der Waals surface area (Å²) in [6.45, 7) is 0.733.